The highest BCUT2D eigenvalue weighted by atomic mass is 79.9. The molecule has 2 aromatic heterocycles. The van der Waals surface area contributed by atoms with Crippen molar-refractivity contribution in [2.24, 2.45) is 11.7 Å². The van der Waals surface area contributed by atoms with Gasteiger partial charge in [0, 0.05) is 16.8 Å². The molecular formula is C19H22BrN5O2S. The van der Waals surface area contributed by atoms with E-state index in [2.05, 4.69) is 43.0 Å². The summed E-state index contributed by atoms with van der Waals surface area (Å²) < 4.78 is 2.53. The smallest absolute Gasteiger partial charge is 0.230 e. The fourth-order valence-electron chi connectivity index (χ4n) is 3.73. The van der Waals surface area contributed by atoms with Gasteiger partial charge in [-0.25, -0.2) is 4.98 Å². The van der Waals surface area contributed by atoms with Gasteiger partial charge in [0.05, 0.1) is 10.9 Å². The quantitative estimate of drug-likeness (QED) is 0.605. The number of hydrogen-bond acceptors (Lipinski definition) is 6. The molecule has 3 N–H and O–H groups in total. The van der Waals surface area contributed by atoms with Gasteiger partial charge in [-0.05, 0) is 43.6 Å². The zero-order valence-electron chi connectivity index (χ0n) is 15.5. The fourth-order valence-corrected chi connectivity index (χ4v) is 5.13. The van der Waals surface area contributed by atoms with Gasteiger partial charge in [-0.1, -0.05) is 46.3 Å². The number of aromatic hydroxyl groups is 1. The first-order valence-electron chi connectivity index (χ1n) is 9.34. The van der Waals surface area contributed by atoms with E-state index in [0.29, 0.717) is 4.96 Å². The number of likely N-dealkylation sites (tertiary alicyclic amines) is 1. The molecule has 0 aliphatic carbocycles. The van der Waals surface area contributed by atoms with E-state index in [1.165, 1.54) is 15.9 Å². The zero-order chi connectivity index (χ0) is 19.8. The molecule has 1 aliphatic heterocycles. The Labute approximate surface area is 175 Å². The van der Waals surface area contributed by atoms with Crippen molar-refractivity contribution >= 4 is 38.1 Å². The number of fused-ring (bicyclic) bond motifs is 1. The molecule has 1 fully saturated rings. The third-order valence-electron chi connectivity index (χ3n) is 5.29. The summed E-state index contributed by atoms with van der Waals surface area (Å²) in [5, 5.41) is 15.3. The topological polar surface area (TPSA) is 96.8 Å². The number of amides is 1. The molecule has 1 aliphatic rings. The number of carbonyl (C=O) groups is 1. The number of aromatic nitrogens is 3. The van der Waals surface area contributed by atoms with Crippen LogP contribution in [0.1, 0.15) is 42.1 Å². The molecule has 4 rings (SSSR count). The maximum absolute atomic E-state index is 11.5. The number of carbonyl (C=O) groups excluding carboxylic acids is 1. The van der Waals surface area contributed by atoms with Crippen LogP contribution in [0.25, 0.3) is 4.96 Å². The van der Waals surface area contributed by atoms with Crippen LogP contribution < -0.4 is 5.73 Å². The predicted molar refractivity (Wildman–Crippen MR) is 111 cm³/mol. The fraction of sp³-hybridized carbons (Fsp3) is 0.421. The minimum Gasteiger partial charge on any atom is -0.492 e. The van der Waals surface area contributed by atoms with Crippen LogP contribution in [0.5, 0.6) is 5.88 Å². The first kappa shape index (κ1) is 19.4. The molecule has 148 valence electrons. The standard InChI is InChI=1S/C19H22BrN5O2S/c1-2-14-22-19-25(23-14)18(27)16(28-19)15(11-3-5-13(20)6-4-11)24-9-7-12(8-10-24)17(21)26/h3-6,12,15,27H,2,7-10H2,1H3,(H2,21,26)/t15-/m1/s1. The SMILES string of the molecule is CCc1nc2sc([C@@H](c3ccc(Br)cc3)N3CCC(C(N)=O)CC3)c(O)n2n1. The van der Waals surface area contributed by atoms with Crippen molar-refractivity contribution in [2.75, 3.05) is 13.1 Å². The van der Waals surface area contributed by atoms with Crippen molar-refractivity contribution in [1.29, 1.82) is 0 Å². The minimum atomic E-state index is -0.228. The number of halogens is 1. The highest BCUT2D eigenvalue weighted by Crippen LogP contribution is 2.41. The van der Waals surface area contributed by atoms with Crippen molar-refractivity contribution < 1.29 is 9.90 Å². The van der Waals surface area contributed by atoms with E-state index in [1.54, 1.807) is 0 Å². The summed E-state index contributed by atoms with van der Waals surface area (Å²) in [7, 11) is 0. The van der Waals surface area contributed by atoms with Gasteiger partial charge in [-0.3, -0.25) is 9.69 Å². The summed E-state index contributed by atoms with van der Waals surface area (Å²) in [6, 6.07) is 7.99. The second-order valence-electron chi connectivity index (χ2n) is 7.03. The first-order chi connectivity index (χ1) is 13.5. The third-order valence-corrected chi connectivity index (χ3v) is 6.89. The van der Waals surface area contributed by atoms with Crippen molar-refractivity contribution in [3.63, 3.8) is 0 Å². The number of benzene rings is 1. The molecule has 1 saturated heterocycles. The van der Waals surface area contributed by atoms with Gasteiger partial charge in [0.1, 0.15) is 0 Å². The van der Waals surface area contributed by atoms with Gasteiger partial charge in [0.15, 0.2) is 5.82 Å². The Morgan fingerprint density at radius 2 is 2.04 bits per heavy atom. The molecule has 0 bridgehead atoms. The van der Waals surface area contributed by atoms with E-state index < -0.39 is 0 Å². The molecule has 7 nitrogen and oxygen atoms in total. The summed E-state index contributed by atoms with van der Waals surface area (Å²) in [5.74, 6) is 0.547. The van der Waals surface area contributed by atoms with Crippen LogP contribution in [0, 0.1) is 5.92 Å². The van der Waals surface area contributed by atoms with Crippen molar-refractivity contribution in [2.45, 2.75) is 32.2 Å². The Kier molecular flexibility index (Phi) is 5.39. The molecule has 28 heavy (non-hydrogen) atoms. The average molecular weight is 464 g/mol. The molecule has 0 spiro atoms. The number of nitrogens with two attached hydrogens (primary N) is 1. The van der Waals surface area contributed by atoms with Crippen LogP contribution in [0.3, 0.4) is 0 Å². The second kappa shape index (κ2) is 7.81. The monoisotopic (exact) mass is 463 g/mol. The summed E-state index contributed by atoms with van der Waals surface area (Å²) in [6.45, 7) is 3.47. The molecule has 1 atom stereocenters. The van der Waals surface area contributed by atoms with Crippen LogP contribution in [-0.4, -0.2) is 43.6 Å². The lowest BCUT2D eigenvalue weighted by Crippen LogP contribution is -2.40. The second-order valence-corrected chi connectivity index (χ2v) is 8.96. The highest BCUT2D eigenvalue weighted by molar-refractivity contribution is 9.10. The minimum absolute atomic E-state index is 0.0788. The Bertz CT molecular complexity index is 992. The number of nitrogens with zero attached hydrogens (tertiary/aromatic N) is 4. The molecule has 9 heteroatoms. The molecule has 1 aromatic carbocycles. The van der Waals surface area contributed by atoms with Crippen molar-refractivity contribution in [3.8, 4) is 5.88 Å². The van der Waals surface area contributed by atoms with Gasteiger partial charge in [-0.15, -0.1) is 5.10 Å². The first-order valence-corrected chi connectivity index (χ1v) is 10.9. The van der Waals surface area contributed by atoms with Crippen molar-refractivity contribution in [1.82, 2.24) is 19.5 Å². The number of hydrogen-bond donors (Lipinski definition) is 2. The largest absolute Gasteiger partial charge is 0.492 e. The van der Waals surface area contributed by atoms with E-state index in [0.717, 1.165) is 53.1 Å². The maximum atomic E-state index is 11.5. The molecule has 0 radical (unpaired) electrons. The maximum Gasteiger partial charge on any atom is 0.230 e. The lowest BCUT2D eigenvalue weighted by atomic mass is 9.93. The molecule has 3 heterocycles. The lowest BCUT2D eigenvalue weighted by molar-refractivity contribution is -0.123. The molecule has 3 aromatic rings. The van der Waals surface area contributed by atoms with E-state index in [9.17, 15) is 9.90 Å². The summed E-state index contributed by atoms with van der Waals surface area (Å²) in [4.78, 5) is 19.9. The summed E-state index contributed by atoms with van der Waals surface area (Å²) in [5.41, 5.74) is 6.58. The number of piperidine rings is 1. The third kappa shape index (κ3) is 3.54. The Balaban J connectivity index is 1.73. The zero-order valence-corrected chi connectivity index (χ0v) is 17.9. The molecule has 1 amide bonds. The van der Waals surface area contributed by atoms with Gasteiger partial charge in [0.25, 0.3) is 0 Å². The number of thiazole rings is 1. The Hall–Kier alpha value is -1.97. The Morgan fingerprint density at radius 3 is 2.61 bits per heavy atom. The van der Waals surface area contributed by atoms with Gasteiger partial charge in [0.2, 0.25) is 16.7 Å². The van der Waals surface area contributed by atoms with E-state index >= 15 is 0 Å². The van der Waals surface area contributed by atoms with E-state index in [1.807, 2.05) is 19.1 Å². The number of primary amides is 1. The van der Waals surface area contributed by atoms with Gasteiger partial charge >= 0.3 is 0 Å². The van der Waals surface area contributed by atoms with Crippen LogP contribution in [0.4, 0.5) is 0 Å². The van der Waals surface area contributed by atoms with E-state index in [-0.39, 0.29) is 23.7 Å². The lowest BCUT2D eigenvalue weighted by Gasteiger charge is -2.36. The molecule has 0 saturated carbocycles. The number of rotatable bonds is 5. The Morgan fingerprint density at radius 1 is 1.36 bits per heavy atom. The van der Waals surface area contributed by atoms with Crippen LogP contribution >= 0.6 is 27.3 Å². The number of aryl methyl sites for hydroxylation is 1. The van der Waals surface area contributed by atoms with Gasteiger partial charge in [-0.2, -0.15) is 4.52 Å². The van der Waals surface area contributed by atoms with Gasteiger partial charge < -0.3 is 10.8 Å². The summed E-state index contributed by atoms with van der Waals surface area (Å²) in [6.07, 6.45) is 2.17. The predicted octanol–water partition coefficient (Wildman–Crippen LogP) is 3.11. The van der Waals surface area contributed by atoms with E-state index in [4.69, 9.17) is 5.73 Å². The van der Waals surface area contributed by atoms with Crippen LogP contribution in [0.15, 0.2) is 28.7 Å². The molecular weight excluding hydrogens is 442 g/mol. The van der Waals surface area contributed by atoms with Crippen molar-refractivity contribution in [3.05, 3.63) is 45.0 Å². The molecule has 0 unspecified atom stereocenters. The van der Waals surface area contributed by atoms with Crippen LogP contribution in [-0.2, 0) is 11.2 Å². The highest BCUT2D eigenvalue weighted by Gasteiger charge is 2.33. The average Bonchev–Trinajstić information content (AvgIpc) is 3.23. The summed E-state index contributed by atoms with van der Waals surface area (Å²) >= 11 is 4.95. The van der Waals surface area contributed by atoms with Crippen LogP contribution in [0.2, 0.25) is 0 Å². The normalized spacial score (nSPS) is 17.2.